The highest BCUT2D eigenvalue weighted by Gasteiger charge is 2.55. The molecule has 4 heteroatoms. The summed E-state index contributed by atoms with van der Waals surface area (Å²) in [6.45, 7) is 0.628. The van der Waals surface area contributed by atoms with Crippen LogP contribution >= 0.6 is 0 Å². The molecular formula is C21H23F2NO. The maximum absolute atomic E-state index is 14.1. The fourth-order valence-electron chi connectivity index (χ4n) is 4.92. The summed E-state index contributed by atoms with van der Waals surface area (Å²) in [5.74, 6) is -1.02. The Labute approximate surface area is 147 Å². The summed E-state index contributed by atoms with van der Waals surface area (Å²) in [5.41, 5.74) is 1.60. The minimum atomic E-state index is -0.542. The zero-order chi connectivity index (χ0) is 17.4. The molecule has 2 aromatic rings. The van der Waals surface area contributed by atoms with E-state index in [2.05, 4.69) is 17.0 Å². The van der Waals surface area contributed by atoms with Crippen molar-refractivity contribution in [3.63, 3.8) is 0 Å². The fraction of sp³-hybridized carbons (Fsp3) is 0.429. The smallest absolute Gasteiger partial charge is 0.130 e. The van der Waals surface area contributed by atoms with Crippen molar-refractivity contribution in [3.8, 4) is 0 Å². The van der Waals surface area contributed by atoms with Crippen molar-refractivity contribution in [3.05, 3.63) is 71.3 Å². The first-order chi connectivity index (χ1) is 12.1. The van der Waals surface area contributed by atoms with Crippen LogP contribution in [-0.2, 0) is 13.0 Å². The molecule has 2 aliphatic heterocycles. The lowest BCUT2D eigenvalue weighted by molar-refractivity contribution is 0.0748. The van der Waals surface area contributed by atoms with Gasteiger partial charge in [-0.15, -0.1) is 0 Å². The summed E-state index contributed by atoms with van der Waals surface area (Å²) < 4.78 is 27.2. The van der Waals surface area contributed by atoms with Crippen molar-refractivity contribution < 1.29 is 13.9 Å². The zero-order valence-electron chi connectivity index (χ0n) is 14.2. The number of nitrogens with zero attached hydrogens (tertiary/aromatic N) is 1. The maximum Gasteiger partial charge on any atom is 0.130 e. The van der Waals surface area contributed by atoms with Gasteiger partial charge in [0.05, 0.1) is 6.61 Å². The third-order valence-corrected chi connectivity index (χ3v) is 6.07. The van der Waals surface area contributed by atoms with Gasteiger partial charge in [0.2, 0.25) is 0 Å². The normalized spacial score (nSPS) is 28.6. The number of rotatable bonds is 5. The number of benzene rings is 2. The van der Waals surface area contributed by atoms with Gasteiger partial charge in [-0.1, -0.05) is 36.4 Å². The summed E-state index contributed by atoms with van der Waals surface area (Å²) in [7, 11) is 0. The van der Waals surface area contributed by atoms with Crippen LogP contribution in [0.5, 0.6) is 0 Å². The van der Waals surface area contributed by atoms with E-state index >= 15 is 0 Å². The Morgan fingerprint density at radius 3 is 2.60 bits per heavy atom. The van der Waals surface area contributed by atoms with Gasteiger partial charge in [-0.05, 0) is 37.3 Å². The second-order valence-corrected chi connectivity index (χ2v) is 7.54. The Hall–Kier alpha value is -1.78. The largest absolute Gasteiger partial charge is 0.396 e. The van der Waals surface area contributed by atoms with E-state index in [1.165, 1.54) is 11.6 Å². The first kappa shape index (κ1) is 16.7. The van der Waals surface area contributed by atoms with E-state index in [4.69, 9.17) is 0 Å². The SMILES string of the molecule is OC[C@]1(Cc2ccccc2)C[C@@H]2CC[C@H]1N2Cc1ccc(F)cc1F. The summed E-state index contributed by atoms with van der Waals surface area (Å²) >= 11 is 0. The van der Waals surface area contributed by atoms with Crippen LogP contribution < -0.4 is 0 Å². The van der Waals surface area contributed by atoms with Crippen LogP contribution in [-0.4, -0.2) is 28.7 Å². The first-order valence-corrected chi connectivity index (χ1v) is 8.96. The monoisotopic (exact) mass is 343 g/mol. The highest BCUT2D eigenvalue weighted by Crippen LogP contribution is 2.51. The van der Waals surface area contributed by atoms with E-state index in [1.54, 1.807) is 6.07 Å². The molecule has 2 fully saturated rings. The quantitative estimate of drug-likeness (QED) is 0.889. The molecule has 2 nitrogen and oxygen atoms in total. The Balaban J connectivity index is 1.57. The third-order valence-electron chi connectivity index (χ3n) is 6.07. The molecule has 1 N–H and O–H groups in total. The topological polar surface area (TPSA) is 23.5 Å². The molecule has 2 bridgehead atoms. The minimum absolute atomic E-state index is 0.144. The van der Waals surface area contributed by atoms with Crippen LogP contribution in [0.1, 0.15) is 30.4 Å². The van der Waals surface area contributed by atoms with Crippen LogP contribution in [0.3, 0.4) is 0 Å². The Bertz CT molecular complexity index is 751. The van der Waals surface area contributed by atoms with Crippen molar-refractivity contribution in [1.82, 2.24) is 4.90 Å². The Morgan fingerprint density at radius 1 is 1.08 bits per heavy atom. The van der Waals surface area contributed by atoms with Gasteiger partial charge in [0.1, 0.15) is 11.6 Å². The van der Waals surface area contributed by atoms with Crippen LogP contribution in [0.4, 0.5) is 8.78 Å². The maximum atomic E-state index is 14.1. The molecule has 0 saturated carbocycles. The van der Waals surface area contributed by atoms with E-state index < -0.39 is 11.6 Å². The van der Waals surface area contributed by atoms with Gasteiger partial charge in [0.15, 0.2) is 0 Å². The van der Waals surface area contributed by atoms with E-state index in [-0.39, 0.29) is 18.1 Å². The highest BCUT2D eigenvalue weighted by molar-refractivity contribution is 5.23. The molecule has 2 aromatic carbocycles. The summed E-state index contributed by atoms with van der Waals surface area (Å²) in [5, 5.41) is 10.2. The number of aliphatic hydroxyl groups excluding tert-OH is 1. The van der Waals surface area contributed by atoms with E-state index in [0.29, 0.717) is 18.2 Å². The molecule has 0 unspecified atom stereocenters. The molecule has 0 radical (unpaired) electrons. The van der Waals surface area contributed by atoms with Gasteiger partial charge in [-0.3, -0.25) is 4.90 Å². The molecule has 2 aliphatic rings. The minimum Gasteiger partial charge on any atom is -0.396 e. The van der Waals surface area contributed by atoms with Crippen molar-refractivity contribution in [2.75, 3.05) is 6.61 Å². The molecule has 3 atom stereocenters. The number of hydrogen-bond donors (Lipinski definition) is 1. The predicted molar refractivity (Wildman–Crippen MR) is 93.0 cm³/mol. The lowest BCUT2D eigenvalue weighted by Crippen LogP contribution is -2.41. The van der Waals surface area contributed by atoms with Crippen molar-refractivity contribution in [1.29, 1.82) is 0 Å². The zero-order valence-corrected chi connectivity index (χ0v) is 14.2. The van der Waals surface area contributed by atoms with Crippen LogP contribution in [0.25, 0.3) is 0 Å². The van der Waals surface area contributed by atoms with Crippen molar-refractivity contribution in [2.24, 2.45) is 5.41 Å². The van der Waals surface area contributed by atoms with Gasteiger partial charge in [-0.2, -0.15) is 0 Å². The van der Waals surface area contributed by atoms with Crippen molar-refractivity contribution >= 4 is 0 Å². The average Bonchev–Trinajstić information content (AvgIpc) is 3.13. The molecule has 2 saturated heterocycles. The molecule has 4 rings (SSSR count). The van der Waals surface area contributed by atoms with Gasteiger partial charge >= 0.3 is 0 Å². The lowest BCUT2D eigenvalue weighted by Gasteiger charge is -2.36. The van der Waals surface area contributed by atoms with Crippen LogP contribution in [0, 0.1) is 17.0 Å². The standard InChI is InChI=1S/C21H23F2NO/c22-17-7-6-16(19(23)10-17)13-24-18-8-9-20(24)21(12-18,14-25)11-15-4-2-1-3-5-15/h1-7,10,18,20,25H,8-9,11-14H2/t18-,20+,21-/m0/s1. The molecular weight excluding hydrogens is 320 g/mol. The second kappa shape index (κ2) is 6.50. The molecule has 0 spiro atoms. The highest BCUT2D eigenvalue weighted by atomic mass is 19.1. The summed E-state index contributed by atoms with van der Waals surface area (Å²) in [6, 6.07) is 14.7. The number of aliphatic hydroxyl groups is 1. The average molecular weight is 343 g/mol. The Kier molecular flexibility index (Phi) is 4.34. The van der Waals surface area contributed by atoms with E-state index in [0.717, 1.165) is 31.7 Å². The number of hydrogen-bond acceptors (Lipinski definition) is 2. The van der Waals surface area contributed by atoms with Gasteiger partial charge in [0, 0.05) is 35.7 Å². The summed E-state index contributed by atoms with van der Waals surface area (Å²) in [6.07, 6.45) is 3.89. The molecule has 2 heterocycles. The van der Waals surface area contributed by atoms with Gasteiger partial charge < -0.3 is 5.11 Å². The second-order valence-electron chi connectivity index (χ2n) is 7.54. The Morgan fingerprint density at radius 2 is 1.88 bits per heavy atom. The van der Waals surface area contributed by atoms with Crippen LogP contribution in [0.2, 0.25) is 0 Å². The summed E-state index contributed by atoms with van der Waals surface area (Å²) in [4.78, 5) is 2.33. The van der Waals surface area contributed by atoms with Crippen LogP contribution in [0.15, 0.2) is 48.5 Å². The third kappa shape index (κ3) is 2.98. The van der Waals surface area contributed by atoms with Gasteiger partial charge in [-0.25, -0.2) is 8.78 Å². The van der Waals surface area contributed by atoms with Gasteiger partial charge in [0.25, 0.3) is 0 Å². The van der Waals surface area contributed by atoms with E-state index in [1.807, 2.05) is 18.2 Å². The molecule has 0 aliphatic carbocycles. The molecule has 25 heavy (non-hydrogen) atoms. The van der Waals surface area contributed by atoms with E-state index in [9.17, 15) is 13.9 Å². The fourth-order valence-corrected chi connectivity index (χ4v) is 4.92. The van der Waals surface area contributed by atoms with Crippen molar-refractivity contribution in [2.45, 2.75) is 44.3 Å². The predicted octanol–water partition coefficient (Wildman–Crippen LogP) is 3.92. The molecule has 0 amide bonds. The number of fused-ring (bicyclic) bond motifs is 2. The molecule has 132 valence electrons. The number of halogens is 2. The lowest BCUT2D eigenvalue weighted by atomic mass is 9.70. The first-order valence-electron chi connectivity index (χ1n) is 8.96. The molecule has 0 aromatic heterocycles.